The van der Waals surface area contributed by atoms with Gasteiger partial charge in [-0.2, -0.15) is 0 Å². The monoisotopic (exact) mass is 367 g/mol. The second-order valence-corrected chi connectivity index (χ2v) is 6.38. The first-order valence-corrected chi connectivity index (χ1v) is 9.34. The lowest BCUT2D eigenvalue weighted by molar-refractivity contribution is -0.140. The molecule has 0 saturated carbocycles. The van der Waals surface area contributed by atoms with Gasteiger partial charge in [0.15, 0.2) is 6.29 Å². The van der Waals surface area contributed by atoms with Crippen molar-refractivity contribution in [1.29, 1.82) is 0 Å². The predicted octanol–water partition coefficient (Wildman–Crippen LogP) is 3.76. The van der Waals surface area contributed by atoms with E-state index in [1.165, 1.54) is 0 Å². The molecule has 6 heteroatoms. The molecule has 2 aromatic carbocycles. The number of hydrogen-bond acceptors (Lipinski definition) is 4. The SMILES string of the molecule is CCOC(OCC)c1ccc(-c2nc3cccc4c3n2CCNC4=O)cc1.[HH]. The van der Waals surface area contributed by atoms with Crippen LogP contribution in [0.15, 0.2) is 42.5 Å². The van der Waals surface area contributed by atoms with Gasteiger partial charge >= 0.3 is 0 Å². The number of hydrogen-bond donors (Lipinski definition) is 1. The van der Waals surface area contributed by atoms with Crippen LogP contribution >= 0.6 is 0 Å². The highest BCUT2D eigenvalue weighted by Crippen LogP contribution is 2.29. The third-order valence-electron chi connectivity index (χ3n) is 4.71. The van der Waals surface area contributed by atoms with Crippen molar-refractivity contribution in [3.63, 3.8) is 0 Å². The first kappa shape index (κ1) is 17.7. The van der Waals surface area contributed by atoms with Crippen molar-refractivity contribution < 1.29 is 15.7 Å². The van der Waals surface area contributed by atoms with Crippen LogP contribution in [0.25, 0.3) is 22.4 Å². The number of benzene rings is 2. The van der Waals surface area contributed by atoms with E-state index in [9.17, 15) is 4.79 Å². The van der Waals surface area contributed by atoms with Crippen molar-refractivity contribution in [3.8, 4) is 11.4 Å². The van der Waals surface area contributed by atoms with E-state index in [0.717, 1.165) is 28.0 Å². The molecule has 1 amide bonds. The Morgan fingerprint density at radius 1 is 1.15 bits per heavy atom. The first-order chi connectivity index (χ1) is 13.2. The summed E-state index contributed by atoms with van der Waals surface area (Å²) in [4.78, 5) is 17.1. The normalized spacial score (nSPS) is 13.8. The van der Waals surface area contributed by atoms with Gasteiger partial charge in [-0.15, -0.1) is 0 Å². The Bertz CT molecular complexity index is 963. The van der Waals surface area contributed by atoms with Crippen LogP contribution < -0.4 is 5.32 Å². The van der Waals surface area contributed by atoms with E-state index >= 15 is 0 Å². The van der Waals surface area contributed by atoms with Crippen LogP contribution in [0, 0.1) is 0 Å². The Hall–Kier alpha value is -2.70. The summed E-state index contributed by atoms with van der Waals surface area (Å²) in [6.07, 6.45) is -0.358. The standard InChI is InChI=1S/C21H23N3O3.H2/c1-3-26-21(27-4-2)15-10-8-14(9-11-15)19-23-17-7-5-6-16-18(17)24(19)13-12-22-20(16)25;/h5-11,21H,3-4,12-13H2,1-2H3,(H,22,25);1H. The smallest absolute Gasteiger partial charge is 0.253 e. The van der Waals surface area contributed by atoms with Crippen LogP contribution in [0.4, 0.5) is 0 Å². The Labute approximate surface area is 159 Å². The number of carbonyl (C=O) groups is 1. The van der Waals surface area contributed by atoms with Crippen LogP contribution in [0.1, 0.15) is 37.5 Å². The van der Waals surface area contributed by atoms with Gasteiger partial charge < -0.3 is 19.4 Å². The summed E-state index contributed by atoms with van der Waals surface area (Å²) < 4.78 is 13.5. The molecule has 2 heterocycles. The number of nitrogens with zero attached hydrogens (tertiary/aromatic N) is 2. The second kappa shape index (κ2) is 7.50. The van der Waals surface area contributed by atoms with Gasteiger partial charge in [-0.1, -0.05) is 30.3 Å². The largest absolute Gasteiger partial charge is 0.350 e. The molecule has 0 bridgehead atoms. The lowest BCUT2D eigenvalue weighted by atomic mass is 10.1. The second-order valence-electron chi connectivity index (χ2n) is 6.38. The Balaban J connectivity index is 0.00000225. The molecule has 0 fully saturated rings. The number of imidazole rings is 1. The van der Waals surface area contributed by atoms with Crippen molar-refractivity contribution in [3.05, 3.63) is 53.6 Å². The average Bonchev–Trinajstić information content (AvgIpc) is 2.97. The molecule has 1 aliphatic heterocycles. The van der Waals surface area contributed by atoms with Gasteiger partial charge in [0.2, 0.25) is 0 Å². The highest BCUT2D eigenvalue weighted by molar-refractivity contribution is 6.06. The zero-order valence-corrected chi connectivity index (χ0v) is 15.6. The molecular weight excluding hydrogens is 342 g/mol. The Kier molecular flexibility index (Phi) is 4.92. The summed E-state index contributed by atoms with van der Waals surface area (Å²) in [7, 11) is 0. The fraction of sp³-hybridized carbons (Fsp3) is 0.333. The molecule has 4 rings (SSSR count). The van der Waals surface area contributed by atoms with Crippen molar-refractivity contribution in [1.82, 2.24) is 14.9 Å². The molecule has 1 aliphatic rings. The van der Waals surface area contributed by atoms with Crippen molar-refractivity contribution in [2.75, 3.05) is 19.8 Å². The van der Waals surface area contributed by atoms with Crippen LogP contribution in [-0.2, 0) is 16.0 Å². The van der Waals surface area contributed by atoms with Crippen molar-refractivity contribution in [2.45, 2.75) is 26.7 Å². The van der Waals surface area contributed by atoms with Gasteiger partial charge in [0.05, 0.1) is 16.6 Å². The third-order valence-corrected chi connectivity index (χ3v) is 4.71. The summed E-state index contributed by atoms with van der Waals surface area (Å²) >= 11 is 0. The van der Waals surface area contributed by atoms with Gasteiger partial charge in [0.25, 0.3) is 5.91 Å². The molecule has 1 aromatic heterocycles. The van der Waals surface area contributed by atoms with E-state index in [0.29, 0.717) is 31.9 Å². The third kappa shape index (κ3) is 3.22. The molecule has 0 radical (unpaired) electrons. The molecule has 1 N–H and O–H groups in total. The molecule has 0 aliphatic carbocycles. The zero-order chi connectivity index (χ0) is 18.8. The molecule has 0 spiro atoms. The van der Waals surface area contributed by atoms with Crippen LogP contribution in [0.2, 0.25) is 0 Å². The molecule has 3 aromatic rings. The Morgan fingerprint density at radius 2 is 1.89 bits per heavy atom. The number of para-hydroxylation sites is 1. The van der Waals surface area contributed by atoms with E-state index in [2.05, 4.69) is 9.88 Å². The number of rotatable bonds is 6. The highest BCUT2D eigenvalue weighted by atomic mass is 16.7. The molecule has 0 atom stereocenters. The lowest BCUT2D eigenvalue weighted by Crippen LogP contribution is -2.24. The number of aromatic nitrogens is 2. The van der Waals surface area contributed by atoms with Gasteiger partial charge in [-0.25, -0.2) is 4.98 Å². The van der Waals surface area contributed by atoms with Crippen molar-refractivity contribution in [2.24, 2.45) is 0 Å². The fourth-order valence-corrected chi connectivity index (χ4v) is 3.52. The number of nitrogens with one attached hydrogen (secondary N) is 1. The topological polar surface area (TPSA) is 65.4 Å². The summed E-state index contributed by atoms with van der Waals surface area (Å²) in [6.45, 7) is 6.37. The molecule has 6 nitrogen and oxygen atoms in total. The highest BCUT2D eigenvalue weighted by Gasteiger charge is 2.22. The maximum absolute atomic E-state index is 12.3. The van der Waals surface area contributed by atoms with Crippen molar-refractivity contribution >= 4 is 16.9 Å². The van der Waals surface area contributed by atoms with E-state index in [4.69, 9.17) is 14.5 Å². The molecular formula is C21H25N3O3. The Morgan fingerprint density at radius 3 is 2.59 bits per heavy atom. The summed E-state index contributed by atoms with van der Waals surface area (Å²) in [6, 6.07) is 13.8. The average molecular weight is 367 g/mol. The zero-order valence-electron chi connectivity index (χ0n) is 15.6. The summed E-state index contributed by atoms with van der Waals surface area (Å²) in [5.74, 6) is 0.822. The first-order valence-electron chi connectivity index (χ1n) is 9.34. The van der Waals surface area contributed by atoms with Gasteiger partial charge in [0.1, 0.15) is 5.82 Å². The number of carbonyl (C=O) groups excluding carboxylic acids is 1. The molecule has 27 heavy (non-hydrogen) atoms. The van der Waals surface area contributed by atoms with Gasteiger partial charge in [-0.05, 0) is 26.0 Å². The fourth-order valence-electron chi connectivity index (χ4n) is 3.52. The predicted molar refractivity (Wildman–Crippen MR) is 106 cm³/mol. The van der Waals surface area contributed by atoms with Crippen LogP contribution in [0.5, 0.6) is 0 Å². The van der Waals surface area contributed by atoms with Gasteiger partial charge in [-0.3, -0.25) is 4.79 Å². The minimum Gasteiger partial charge on any atom is -0.350 e. The summed E-state index contributed by atoms with van der Waals surface area (Å²) in [5, 5.41) is 2.95. The minimum atomic E-state index is -0.358. The van der Waals surface area contributed by atoms with E-state index < -0.39 is 0 Å². The van der Waals surface area contributed by atoms with Crippen LogP contribution in [-0.4, -0.2) is 35.2 Å². The minimum absolute atomic E-state index is 0. The quantitative estimate of drug-likeness (QED) is 0.674. The van der Waals surface area contributed by atoms with Gasteiger partial charge in [0, 0.05) is 38.9 Å². The van der Waals surface area contributed by atoms with E-state index in [-0.39, 0.29) is 13.6 Å². The van der Waals surface area contributed by atoms with Crippen LogP contribution in [0.3, 0.4) is 0 Å². The van der Waals surface area contributed by atoms with E-state index in [1.807, 2.05) is 56.3 Å². The molecule has 0 unspecified atom stereocenters. The molecule has 142 valence electrons. The maximum Gasteiger partial charge on any atom is 0.253 e. The number of ether oxygens (including phenoxy) is 2. The number of amides is 1. The summed E-state index contributed by atoms with van der Waals surface area (Å²) in [5.41, 5.74) is 4.39. The maximum atomic E-state index is 12.3. The molecule has 0 saturated heterocycles. The lowest BCUT2D eigenvalue weighted by Gasteiger charge is -2.17. The van der Waals surface area contributed by atoms with E-state index in [1.54, 1.807) is 0 Å².